The van der Waals surface area contributed by atoms with Gasteiger partial charge in [-0.05, 0) is 62.0 Å². The van der Waals surface area contributed by atoms with Gasteiger partial charge in [0.15, 0.2) is 29.6 Å². The molecule has 3 aliphatic rings. The number of carbonyl (C=O) groups excluding carboxylic acids is 1. The van der Waals surface area contributed by atoms with E-state index in [1.54, 1.807) is 24.3 Å². The highest BCUT2D eigenvalue weighted by Gasteiger charge is 2.41. The van der Waals surface area contributed by atoms with Crippen molar-refractivity contribution in [2.45, 2.75) is 70.3 Å². The van der Waals surface area contributed by atoms with Gasteiger partial charge in [0.2, 0.25) is 5.82 Å². The van der Waals surface area contributed by atoms with Gasteiger partial charge in [-0.15, -0.1) is 0 Å². The maximum absolute atomic E-state index is 14.1. The smallest absolute Gasteiger partial charge is 0.257 e. The largest absolute Gasteiger partial charge is 0.392 e. The predicted molar refractivity (Wildman–Crippen MR) is 167 cm³/mol. The summed E-state index contributed by atoms with van der Waals surface area (Å²) in [5, 5.41) is 11.8. The number of aliphatic hydroxyl groups is 1. The number of amides is 1. The van der Waals surface area contributed by atoms with E-state index in [1.165, 1.54) is 12.8 Å². The summed E-state index contributed by atoms with van der Waals surface area (Å²) in [5.41, 5.74) is 1.48. The minimum atomic E-state index is -2.33. The van der Waals surface area contributed by atoms with Crippen LogP contribution in [0.2, 0.25) is 0 Å². The average Bonchev–Trinajstić information content (AvgIpc) is 3.79. The zero-order chi connectivity index (χ0) is 33.9. The number of rotatable bonds is 10. The lowest BCUT2D eigenvalue weighted by atomic mass is 9.90. The minimum absolute atomic E-state index is 0.0191. The van der Waals surface area contributed by atoms with E-state index in [0.717, 1.165) is 56.7 Å². The van der Waals surface area contributed by atoms with Crippen LogP contribution >= 0.6 is 0 Å². The number of likely N-dealkylation sites (tertiary alicyclic amines) is 2. The van der Waals surface area contributed by atoms with E-state index in [4.69, 9.17) is 9.47 Å². The van der Waals surface area contributed by atoms with Crippen molar-refractivity contribution in [1.82, 2.24) is 15.1 Å². The molecule has 1 amide bonds. The highest BCUT2D eigenvalue weighted by Crippen LogP contribution is 2.42. The van der Waals surface area contributed by atoms with Gasteiger partial charge in [-0.25, -0.2) is 22.0 Å². The van der Waals surface area contributed by atoms with Crippen LogP contribution in [0.15, 0.2) is 48.5 Å². The van der Waals surface area contributed by atoms with E-state index >= 15 is 0 Å². The van der Waals surface area contributed by atoms with E-state index in [1.807, 2.05) is 24.3 Å². The van der Waals surface area contributed by atoms with E-state index in [-0.39, 0.29) is 31.3 Å². The van der Waals surface area contributed by atoms with Gasteiger partial charge < -0.3 is 24.8 Å². The number of hydrogen-bond donors (Lipinski definition) is 2. The molecular formula is C36H40F5N3O4. The van der Waals surface area contributed by atoms with Crippen LogP contribution in [0.1, 0.15) is 77.6 Å². The number of hydrogen-bond acceptors (Lipinski definition) is 6. The molecule has 5 atom stereocenters. The molecule has 48 heavy (non-hydrogen) atoms. The molecule has 3 heterocycles. The number of halogens is 5. The van der Waals surface area contributed by atoms with Crippen molar-refractivity contribution in [3.8, 4) is 0 Å². The summed E-state index contributed by atoms with van der Waals surface area (Å²) in [5.74, 6) is -12.5. The van der Waals surface area contributed by atoms with Gasteiger partial charge in [-0.1, -0.05) is 55.5 Å². The van der Waals surface area contributed by atoms with E-state index in [9.17, 15) is 31.9 Å². The Kier molecular flexibility index (Phi) is 10.8. The van der Waals surface area contributed by atoms with Gasteiger partial charge in [0.1, 0.15) is 5.56 Å². The van der Waals surface area contributed by atoms with Gasteiger partial charge in [-0.2, -0.15) is 0 Å². The van der Waals surface area contributed by atoms with Crippen LogP contribution in [0.25, 0.3) is 0 Å². The molecule has 3 saturated heterocycles. The summed E-state index contributed by atoms with van der Waals surface area (Å²) in [4.78, 5) is 17.5. The molecule has 0 unspecified atom stereocenters. The molecule has 3 aliphatic heterocycles. The Morgan fingerprint density at radius 2 is 1.40 bits per heavy atom. The van der Waals surface area contributed by atoms with Gasteiger partial charge >= 0.3 is 0 Å². The average molecular weight is 674 g/mol. The van der Waals surface area contributed by atoms with Gasteiger partial charge in [0, 0.05) is 37.2 Å². The molecular weight excluding hydrogens is 633 g/mol. The Morgan fingerprint density at radius 3 is 2.04 bits per heavy atom. The van der Waals surface area contributed by atoms with E-state index < -0.39 is 46.8 Å². The Hall–Kier alpha value is -3.42. The van der Waals surface area contributed by atoms with Crippen LogP contribution in [0.3, 0.4) is 0 Å². The highest BCUT2D eigenvalue weighted by molar-refractivity contribution is 5.94. The molecule has 2 N–H and O–H groups in total. The van der Waals surface area contributed by atoms with Crippen molar-refractivity contribution in [1.29, 1.82) is 0 Å². The molecule has 12 heteroatoms. The number of benzene rings is 3. The summed E-state index contributed by atoms with van der Waals surface area (Å²) < 4.78 is 82.0. The van der Waals surface area contributed by atoms with Crippen LogP contribution in [0.4, 0.5) is 22.0 Å². The zero-order valence-corrected chi connectivity index (χ0v) is 26.7. The van der Waals surface area contributed by atoms with E-state index in [2.05, 4.69) is 22.0 Å². The SMILES string of the molecule is C[C@@H]1[C@H](CN2CCC[C@H]2CN2CCCC2)O[C@H](c2ccc(CNC(=O)c3c(F)c(F)c(F)c(F)c3F)cc2)O[C@@H]1c1ccc(CO)cc1. The highest BCUT2D eigenvalue weighted by atomic mass is 19.2. The molecule has 258 valence electrons. The predicted octanol–water partition coefficient (Wildman–Crippen LogP) is 6.16. The number of nitrogens with one attached hydrogen (secondary N) is 1. The third-order valence-electron chi connectivity index (χ3n) is 9.85. The Balaban J connectivity index is 1.17. The van der Waals surface area contributed by atoms with Crippen molar-refractivity contribution in [3.63, 3.8) is 0 Å². The van der Waals surface area contributed by atoms with Gasteiger partial charge in [0.05, 0.1) is 18.8 Å². The molecule has 0 aliphatic carbocycles. The molecule has 7 nitrogen and oxygen atoms in total. The third-order valence-corrected chi connectivity index (χ3v) is 9.85. The zero-order valence-electron chi connectivity index (χ0n) is 26.7. The summed E-state index contributed by atoms with van der Waals surface area (Å²) in [6.45, 7) is 6.99. The van der Waals surface area contributed by atoms with Crippen LogP contribution in [0.5, 0.6) is 0 Å². The fourth-order valence-corrected chi connectivity index (χ4v) is 7.03. The van der Waals surface area contributed by atoms with E-state index in [0.29, 0.717) is 17.2 Å². The first-order chi connectivity index (χ1) is 23.1. The molecule has 0 bridgehead atoms. The van der Waals surface area contributed by atoms with Crippen LogP contribution in [0, 0.1) is 35.0 Å². The summed E-state index contributed by atoms with van der Waals surface area (Å²) in [6, 6.07) is 15.0. The van der Waals surface area contributed by atoms with Gasteiger partial charge in [0.25, 0.3) is 5.91 Å². The quantitative estimate of drug-likeness (QED) is 0.153. The summed E-state index contributed by atoms with van der Waals surface area (Å²) in [7, 11) is 0. The van der Waals surface area contributed by atoms with Crippen LogP contribution < -0.4 is 5.32 Å². The number of ether oxygens (including phenoxy) is 2. The lowest BCUT2D eigenvalue weighted by Gasteiger charge is -2.43. The second-order valence-corrected chi connectivity index (χ2v) is 13.0. The first-order valence-corrected chi connectivity index (χ1v) is 16.5. The monoisotopic (exact) mass is 673 g/mol. The molecule has 0 saturated carbocycles. The van der Waals surface area contributed by atoms with Crippen molar-refractivity contribution in [2.75, 3.05) is 32.7 Å². The van der Waals surface area contributed by atoms with Gasteiger partial charge in [-0.3, -0.25) is 9.69 Å². The first-order valence-electron chi connectivity index (χ1n) is 16.5. The molecule has 3 aromatic rings. The Bertz CT molecular complexity index is 1560. The third kappa shape index (κ3) is 7.28. The second-order valence-electron chi connectivity index (χ2n) is 13.0. The molecule has 0 spiro atoms. The summed E-state index contributed by atoms with van der Waals surface area (Å²) >= 11 is 0. The normalized spacial score (nSPS) is 25.1. The number of nitrogens with zero attached hydrogens (tertiary/aromatic N) is 2. The van der Waals surface area contributed by atoms with Crippen molar-refractivity contribution in [3.05, 3.63) is 105 Å². The first kappa shape index (κ1) is 34.4. The van der Waals surface area contributed by atoms with Crippen LogP contribution in [-0.2, 0) is 22.6 Å². The Morgan fingerprint density at radius 1 is 0.792 bits per heavy atom. The lowest BCUT2D eigenvalue weighted by Crippen LogP contribution is -2.48. The van der Waals surface area contributed by atoms with Crippen molar-refractivity contribution >= 4 is 5.91 Å². The number of aliphatic hydroxyl groups excluding tert-OH is 1. The van der Waals surface area contributed by atoms with Crippen molar-refractivity contribution in [2.24, 2.45) is 5.92 Å². The Labute approximate surface area is 276 Å². The van der Waals surface area contributed by atoms with Crippen LogP contribution in [-0.4, -0.2) is 65.7 Å². The fraction of sp³-hybridized carbons (Fsp3) is 0.472. The summed E-state index contributed by atoms with van der Waals surface area (Å²) in [6.07, 6.45) is 3.65. The molecule has 0 aromatic heterocycles. The molecule has 6 rings (SSSR count). The second kappa shape index (κ2) is 15.0. The topological polar surface area (TPSA) is 74.3 Å². The lowest BCUT2D eigenvalue weighted by molar-refractivity contribution is -0.276. The molecule has 0 radical (unpaired) electrons. The fourth-order valence-electron chi connectivity index (χ4n) is 7.03. The minimum Gasteiger partial charge on any atom is -0.392 e. The maximum Gasteiger partial charge on any atom is 0.257 e. The molecule has 3 aromatic carbocycles. The standard InChI is InChI=1S/C36H40F5N3O4/c1-21-27(19-44-16-4-5-26(44)18-43-14-2-3-15-43)47-36(48-34(21)24-10-8-23(20-45)9-11-24)25-12-6-22(7-13-25)17-42-35(46)28-29(37)31(39)33(41)32(40)30(28)38/h6-13,21,26-27,34,36,45H,2-5,14-20H2,1H3,(H,42,46)/t21-,26+,27+,34+,36+/m1/s1. The molecule has 3 fully saturated rings. The number of carbonyl (C=O) groups is 1. The van der Waals surface area contributed by atoms with Crippen molar-refractivity contribution < 1.29 is 41.3 Å². The maximum atomic E-state index is 14.1.